The molecule has 0 spiro atoms. The first kappa shape index (κ1) is 20.4. The maximum Gasteiger partial charge on any atom is 0.326 e. The molecule has 2 unspecified atom stereocenters. The van der Waals surface area contributed by atoms with Crippen molar-refractivity contribution in [1.82, 2.24) is 9.62 Å². The van der Waals surface area contributed by atoms with Crippen molar-refractivity contribution in [2.75, 3.05) is 12.3 Å². The molecule has 1 amide bonds. The Hall–Kier alpha value is -1.93. The second-order valence-electron chi connectivity index (χ2n) is 6.53. The van der Waals surface area contributed by atoms with Gasteiger partial charge in [-0.1, -0.05) is 43.7 Å². The quantitative estimate of drug-likeness (QED) is 0.707. The van der Waals surface area contributed by atoms with Gasteiger partial charge in [0.1, 0.15) is 12.1 Å². The van der Waals surface area contributed by atoms with E-state index in [2.05, 4.69) is 5.32 Å². The standard InChI is InChI=1S/C18H26N2O5S/c1-2-12-26(24,25)20-11-7-6-10-16(20)17(21)19-15(18(22)23)13-14-8-4-3-5-9-14/h3-5,8-9,15-16H,2,6-7,10-13H2,1H3,(H,19,21)(H,22,23). The van der Waals surface area contributed by atoms with E-state index in [1.165, 1.54) is 4.31 Å². The number of amides is 1. The molecule has 1 fully saturated rings. The number of nitrogens with zero attached hydrogens (tertiary/aromatic N) is 1. The monoisotopic (exact) mass is 382 g/mol. The first-order valence-corrected chi connectivity index (χ1v) is 10.5. The molecule has 1 aromatic rings. The van der Waals surface area contributed by atoms with Crippen molar-refractivity contribution >= 4 is 21.9 Å². The highest BCUT2D eigenvalue weighted by Gasteiger charge is 2.37. The molecule has 2 rings (SSSR count). The minimum atomic E-state index is -3.52. The Morgan fingerprint density at radius 3 is 2.58 bits per heavy atom. The Kier molecular flexibility index (Phi) is 7.16. The van der Waals surface area contributed by atoms with E-state index in [1.807, 2.05) is 6.07 Å². The summed E-state index contributed by atoms with van der Waals surface area (Å²) < 4.78 is 26.1. The lowest BCUT2D eigenvalue weighted by atomic mass is 10.0. The number of hydrogen-bond acceptors (Lipinski definition) is 4. The summed E-state index contributed by atoms with van der Waals surface area (Å²) >= 11 is 0. The number of nitrogens with one attached hydrogen (secondary N) is 1. The lowest BCUT2D eigenvalue weighted by Gasteiger charge is -2.34. The number of carbonyl (C=O) groups is 2. The second-order valence-corrected chi connectivity index (χ2v) is 8.57. The van der Waals surface area contributed by atoms with Crippen LogP contribution in [0.4, 0.5) is 0 Å². The van der Waals surface area contributed by atoms with E-state index in [1.54, 1.807) is 31.2 Å². The molecule has 1 heterocycles. The number of hydrogen-bond donors (Lipinski definition) is 2. The zero-order valence-corrected chi connectivity index (χ0v) is 15.7. The van der Waals surface area contributed by atoms with Gasteiger partial charge in [0.15, 0.2) is 0 Å². The molecule has 0 aromatic heterocycles. The van der Waals surface area contributed by atoms with Crippen molar-refractivity contribution < 1.29 is 23.1 Å². The van der Waals surface area contributed by atoms with Gasteiger partial charge in [0, 0.05) is 13.0 Å². The zero-order valence-electron chi connectivity index (χ0n) is 14.9. The minimum Gasteiger partial charge on any atom is -0.480 e. The van der Waals surface area contributed by atoms with Crippen LogP contribution in [0.15, 0.2) is 30.3 Å². The fourth-order valence-corrected chi connectivity index (χ4v) is 4.94. The average molecular weight is 382 g/mol. The highest BCUT2D eigenvalue weighted by Crippen LogP contribution is 2.22. The molecule has 0 bridgehead atoms. The van der Waals surface area contributed by atoms with Crippen LogP contribution in [0.25, 0.3) is 0 Å². The molecule has 2 atom stereocenters. The SMILES string of the molecule is CCCS(=O)(=O)N1CCCCC1C(=O)NC(Cc1ccccc1)C(=O)O. The summed E-state index contributed by atoms with van der Waals surface area (Å²) in [6, 6.07) is 7.09. The summed E-state index contributed by atoms with van der Waals surface area (Å²) in [5.41, 5.74) is 0.791. The Morgan fingerprint density at radius 1 is 1.27 bits per heavy atom. The molecular formula is C18H26N2O5S. The second kappa shape index (κ2) is 9.14. The minimum absolute atomic E-state index is 0.0108. The van der Waals surface area contributed by atoms with Gasteiger partial charge in [0.2, 0.25) is 15.9 Å². The fourth-order valence-electron chi connectivity index (χ4n) is 3.19. The first-order chi connectivity index (χ1) is 12.3. The van der Waals surface area contributed by atoms with Crippen molar-refractivity contribution in [1.29, 1.82) is 0 Å². The molecule has 144 valence electrons. The smallest absolute Gasteiger partial charge is 0.326 e. The predicted octanol–water partition coefficient (Wildman–Crippen LogP) is 1.39. The lowest BCUT2D eigenvalue weighted by Crippen LogP contribution is -2.55. The third-order valence-electron chi connectivity index (χ3n) is 4.47. The number of sulfonamides is 1. The Bertz CT molecular complexity index is 720. The van der Waals surface area contributed by atoms with Gasteiger partial charge >= 0.3 is 5.97 Å². The van der Waals surface area contributed by atoms with Crippen LogP contribution >= 0.6 is 0 Å². The van der Waals surface area contributed by atoms with E-state index in [9.17, 15) is 23.1 Å². The van der Waals surface area contributed by atoms with Gasteiger partial charge < -0.3 is 10.4 Å². The highest BCUT2D eigenvalue weighted by atomic mass is 32.2. The number of aliphatic carboxylic acids is 1. The summed E-state index contributed by atoms with van der Waals surface area (Å²) in [4.78, 5) is 24.2. The largest absolute Gasteiger partial charge is 0.480 e. The van der Waals surface area contributed by atoms with Gasteiger partial charge in [-0.2, -0.15) is 4.31 Å². The van der Waals surface area contributed by atoms with Gasteiger partial charge in [-0.15, -0.1) is 0 Å². The summed E-state index contributed by atoms with van der Waals surface area (Å²) in [6.45, 7) is 2.08. The van der Waals surface area contributed by atoms with Crippen LogP contribution in [0.1, 0.15) is 38.2 Å². The van der Waals surface area contributed by atoms with Crippen LogP contribution in [0.2, 0.25) is 0 Å². The zero-order chi connectivity index (χ0) is 19.2. The van der Waals surface area contributed by atoms with Crippen molar-refractivity contribution in [3.63, 3.8) is 0 Å². The summed E-state index contributed by atoms with van der Waals surface area (Å²) in [5.74, 6) is -1.68. The average Bonchev–Trinajstić information content (AvgIpc) is 2.62. The van der Waals surface area contributed by atoms with E-state index in [0.29, 0.717) is 25.8 Å². The molecule has 0 aliphatic carbocycles. The molecule has 7 nitrogen and oxygen atoms in total. The van der Waals surface area contributed by atoms with Crippen molar-refractivity contribution in [2.24, 2.45) is 0 Å². The maximum absolute atomic E-state index is 12.7. The Labute approximate surface area is 154 Å². The molecule has 1 saturated heterocycles. The number of rotatable bonds is 8. The lowest BCUT2D eigenvalue weighted by molar-refractivity contribution is -0.142. The van der Waals surface area contributed by atoms with Crippen molar-refractivity contribution in [3.05, 3.63) is 35.9 Å². The number of carboxylic acids is 1. The van der Waals surface area contributed by atoms with Gasteiger partial charge in [0.25, 0.3) is 0 Å². The van der Waals surface area contributed by atoms with E-state index in [0.717, 1.165) is 12.0 Å². The van der Waals surface area contributed by atoms with Crippen LogP contribution in [-0.2, 0) is 26.0 Å². The Balaban J connectivity index is 2.12. The molecule has 0 radical (unpaired) electrons. The first-order valence-electron chi connectivity index (χ1n) is 8.91. The summed E-state index contributed by atoms with van der Waals surface area (Å²) in [7, 11) is -3.52. The molecule has 1 aliphatic rings. The predicted molar refractivity (Wildman–Crippen MR) is 98.1 cm³/mol. The van der Waals surface area contributed by atoms with E-state index >= 15 is 0 Å². The van der Waals surface area contributed by atoms with Crippen LogP contribution < -0.4 is 5.32 Å². The molecular weight excluding hydrogens is 356 g/mol. The van der Waals surface area contributed by atoms with Crippen LogP contribution in [0, 0.1) is 0 Å². The topological polar surface area (TPSA) is 104 Å². The van der Waals surface area contributed by atoms with E-state index in [4.69, 9.17) is 0 Å². The van der Waals surface area contributed by atoms with Gasteiger partial charge in [0.05, 0.1) is 5.75 Å². The maximum atomic E-state index is 12.7. The van der Waals surface area contributed by atoms with E-state index in [-0.39, 0.29) is 12.2 Å². The molecule has 1 aromatic carbocycles. The van der Waals surface area contributed by atoms with Crippen molar-refractivity contribution in [2.45, 2.75) is 51.1 Å². The van der Waals surface area contributed by atoms with Crippen LogP contribution in [0.5, 0.6) is 0 Å². The van der Waals surface area contributed by atoms with Crippen LogP contribution in [-0.4, -0.2) is 54.1 Å². The normalized spacial score (nSPS) is 19.7. The molecule has 1 aliphatic heterocycles. The number of carbonyl (C=O) groups excluding carboxylic acids is 1. The third kappa shape index (κ3) is 5.28. The molecule has 26 heavy (non-hydrogen) atoms. The molecule has 0 saturated carbocycles. The van der Waals surface area contributed by atoms with E-state index < -0.39 is 34.0 Å². The Morgan fingerprint density at radius 2 is 1.96 bits per heavy atom. The highest BCUT2D eigenvalue weighted by molar-refractivity contribution is 7.89. The van der Waals surface area contributed by atoms with Gasteiger partial charge in [-0.25, -0.2) is 13.2 Å². The van der Waals surface area contributed by atoms with Gasteiger partial charge in [-0.3, -0.25) is 4.79 Å². The number of piperidine rings is 1. The third-order valence-corrected chi connectivity index (χ3v) is 6.55. The number of carboxylic acid groups (broad SMARTS) is 1. The summed E-state index contributed by atoms with van der Waals surface area (Å²) in [6.07, 6.45) is 2.48. The fraction of sp³-hybridized carbons (Fsp3) is 0.556. The van der Waals surface area contributed by atoms with Crippen molar-refractivity contribution in [3.8, 4) is 0 Å². The van der Waals surface area contributed by atoms with Crippen LogP contribution in [0.3, 0.4) is 0 Å². The summed E-state index contributed by atoms with van der Waals surface area (Å²) in [5, 5.41) is 12.0. The number of benzene rings is 1. The van der Waals surface area contributed by atoms with Gasteiger partial charge in [-0.05, 0) is 24.8 Å². The molecule has 2 N–H and O–H groups in total. The molecule has 8 heteroatoms.